The Morgan fingerprint density at radius 2 is 1.80 bits per heavy atom. The van der Waals surface area contributed by atoms with Gasteiger partial charge in [0.25, 0.3) is 10.2 Å². The number of hydrogen-bond acceptors (Lipinski definition) is 6. The lowest BCUT2D eigenvalue weighted by Gasteiger charge is -2.11. The van der Waals surface area contributed by atoms with Crippen LogP contribution in [0.5, 0.6) is 11.5 Å². The number of imidazole rings is 1. The highest BCUT2D eigenvalue weighted by molar-refractivity contribution is 7.90. The molecule has 30 heavy (non-hydrogen) atoms. The van der Waals surface area contributed by atoms with Gasteiger partial charge in [0.2, 0.25) is 0 Å². The van der Waals surface area contributed by atoms with Gasteiger partial charge >= 0.3 is 5.69 Å². The molecule has 2 aromatic heterocycles. The Morgan fingerprint density at radius 3 is 2.43 bits per heavy atom. The number of fused-ring (bicyclic) bond motifs is 3. The Bertz CT molecular complexity index is 1410. The second-order valence-electron chi connectivity index (χ2n) is 6.61. The molecular weight excluding hydrogens is 410 g/mol. The van der Waals surface area contributed by atoms with Crippen molar-refractivity contribution in [2.24, 2.45) is 5.14 Å². The number of aromatic nitrogens is 3. The predicted octanol–water partition coefficient (Wildman–Crippen LogP) is 1.56. The van der Waals surface area contributed by atoms with Crippen molar-refractivity contribution in [1.82, 2.24) is 14.5 Å². The van der Waals surface area contributed by atoms with E-state index < -0.39 is 10.2 Å². The van der Waals surface area contributed by atoms with Crippen molar-refractivity contribution < 1.29 is 17.9 Å². The molecule has 4 aromatic rings. The molecule has 2 aromatic carbocycles. The molecule has 0 amide bonds. The number of H-pyrrole nitrogens is 1. The van der Waals surface area contributed by atoms with Gasteiger partial charge in [-0.1, -0.05) is 12.1 Å². The summed E-state index contributed by atoms with van der Waals surface area (Å²) in [5, 5.41) is 5.71. The fourth-order valence-corrected chi connectivity index (χ4v) is 3.81. The molecule has 0 fully saturated rings. The molecule has 0 aliphatic heterocycles. The van der Waals surface area contributed by atoms with Crippen molar-refractivity contribution in [3.05, 3.63) is 58.6 Å². The van der Waals surface area contributed by atoms with Crippen LogP contribution in [0.1, 0.15) is 5.56 Å². The van der Waals surface area contributed by atoms with Crippen LogP contribution >= 0.6 is 0 Å². The largest absolute Gasteiger partial charge is 0.493 e. The average molecular weight is 429 g/mol. The molecule has 4 rings (SSSR count). The number of aromatic amines is 1. The van der Waals surface area contributed by atoms with Gasteiger partial charge in [-0.05, 0) is 23.8 Å². The van der Waals surface area contributed by atoms with E-state index in [2.05, 4.69) is 14.7 Å². The summed E-state index contributed by atoms with van der Waals surface area (Å²) in [6.07, 6.45) is 1.60. The minimum Gasteiger partial charge on any atom is -0.493 e. The highest BCUT2D eigenvalue weighted by Crippen LogP contribution is 2.34. The number of anilines is 1. The maximum atomic E-state index is 12.6. The fraction of sp³-hybridized carbons (Fsp3) is 0.158. The SMILES string of the molecule is COc1cc2ncc3[nH]c(=O)n(Cc4ccc(NS(N)(=O)=O)cc4)c3c2cc1OC. The van der Waals surface area contributed by atoms with Gasteiger partial charge in [-0.3, -0.25) is 14.3 Å². The number of nitrogens with two attached hydrogens (primary N) is 1. The van der Waals surface area contributed by atoms with Crippen molar-refractivity contribution >= 4 is 37.8 Å². The number of nitrogens with one attached hydrogen (secondary N) is 2. The van der Waals surface area contributed by atoms with Gasteiger partial charge in [0.05, 0.1) is 43.5 Å². The molecule has 0 aliphatic rings. The molecule has 2 heterocycles. The van der Waals surface area contributed by atoms with Gasteiger partial charge in [-0.2, -0.15) is 8.42 Å². The third-order valence-electron chi connectivity index (χ3n) is 4.66. The van der Waals surface area contributed by atoms with Crippen LogP contribution in [0.3, 0.4) is 0 Å². The zero-order valence-electron chi connectivity index (χ0n) is 16.2. The molecule has 156 valence electrons. The number of hydrogen-bond donors (Lipinski definition) is 3. The minimum atomic E-state index is -3.85. The van der Waals surface area contributed by atoms with Gasteiger partial charge < -0.3 is 14.5 Å². The van der Waals surface area contributed by atoms with Crippen LogP contribution in [0.4, 0.5) is 5.69 Å². The van der Waals surface area contributed by atoms with E-state index in [4.69, 9.17) is 14.6 Å². The summed E-state index contributed by atoms with van der Waals surface area (Å²) in [6, 6.07) is 10.1. The Balaban J connectivity index is 1.81. The molecule has 0 radical (unpaired) electrons. The number of pyridine rings is 1. The zero-order valence-corrected chi connectivity index (χ0v) is 17.0. The monoisotopic (exact) mass is 429 g/mol. The van der Waals surface area contributed by atoms with Gasteiger partial charge in [0.15, 0.2) is 11.5 Å². The first kappa shape index (κ1) is 19.7. The van der Waals surface area contributed by atoms with Crippen LogP contribution in [0.2, 0.25) is 0 Å². The summed E-state index contributed by atoms with van der Waals surface area (Å²) in [4.78, 5) is 19.9. The average Bonchev–Trinajstić information content (AvgIpc) is 3.02. The van der Waals surface area contributed by atoms with Crippen molar-refractivity contribution in [2.45, 2.75) is 6.54 Å². The minimum absolute atomic E-state index is 0.266. The third kappa shape index (κ3) is 3.67. The molecule has 0 atom stereocenters. The Morgan fingerprint density at radius 1 is 1.13 bits per heavy atom. The first-order chi connectivity index (χ1) is 14.3. The number of benzene rings is 2. The Hall–Kier alpha value is -3.57. The summed E-state index contributed by atoms with van der Waals surface area (Å²) in [6.45, 7) is 0.266. The summed E-state index contributed by atoms with van der Waals surface area (Å²) in [5.74, 6) is 1.07. The lowest BCUT2D eigenvalue weighted by atomic mass is 10.1. The van der Waals surface area contributed by atoms with E-state index >= 15 is 0 Å². The summed E-state index contributed by atoms with van der Waals surface area (Å²) in [7, 11) is -0.767. The molecule has 0 bridgehead atoms. The maximum Gasteiger partial charge on any atom is 0.326 e. The van der Waals surface area contributed by atoms with Crippen LogP contribution in [0.15, 0.2) is 47.4 Å². The van der Waals surface area contributed by atoms with E-state index in [0.29, 0.717) is 33.7 Å². The van der Waals surface area contributed by atoms with E-state index in [-0.39, 0.29) is 12.2 Å². The molecule has 0 unspecified atom stereocenters. The van der Waals surface area contributed by atoms with Crippen LogP contribution in [-0.4, -0.2) is 37.2 Å². The Labute approximate surface area is 171 Å². The van der Waals surface area contributed by atoms with Crippen molar-refractivity contribution in [3.8, 4) is 11.5 Å². The molecular formula is C19H19N5O5S. The third-order valence-corrected chi connectivity index (χ3v) is 5.18. The molecule has 0 aliphatic carbocycles. The fourth-order valence-electron chi connectivity index (χ4n) is 3.35. The summed E-state index contributed by atoms with van der Waals surface area (Å²) < 4.78 is 36.8. The van der Waals surface area contributed by atoms with Crippen molar-refractivity contribution in [3.63, 3.8) is 0 Å². The molecule has 11 heteroatoms. The van der Waals surface area contributed by atoms with Gasteiger partial charge in [0.1, 0.15) is 0 Å². The van der Waals surface area contributed by atoms with E-state index in [1.165, 1.54) is 0 Å². The van der Waals surface area contributed by atoms with Crippen LogP contribution < -0.4 is 25.0 Å². The van der Waals surface area contributed by atoms with E-state index in [1.54, 1.807) is 61.4 Å². The van der Waals surface area contributed by atoms with Gasteiger partial charge in [-0.15, -0.1) is 0 Å². The molecule has 4 N–H and O–H groups in total. The summed E-state index contributed by atoms with van der Waals surface area (Å²) >= 11 is 0. The lowest BCUT2D eigenvalue weighted by molar-refractivity contribution is 0.356. The van der Waals surface area contributed by atoms with Crippen LogP contribution in [0, 0.1) is 0 Å². The maximum absolute atomic E-state index is 12.6. The topological polar surface area (TPSA) is 141 Å². The van der Waals surface area contributed by atoms with Crippen molar-refractivity contribution in [2.75, 3.05) is 18.9 Å². The highest BCUT2D eigenvalue weighted by atomic mass is 32.2. The normalized spacial score (nSPS) is 11.7. The number of rotatable bonds is 6. The number of methoxy groups -OCH3 is 2. The van der Waals surface area contributed by atoms with Gasteiger partial charge in [0, 0.05) is 17.1 Å². The second-order valence-corrected chi connectivity index (χ2v) is 7.90. The molecule has 10 nitrogen and oxygen atoms in total. The molecule has 0 saturated carbocycles. The quantitative estimate of drug-likeness (QED) is 0.425. The van der Waals surface area contributed by atoms with E-state index in [9.17, 15) is 13.2 Å². The standard InChI is InChI=1S/C19H19N5O5S/c1-28-16-7-13-14(8-17(16)29-2)21-9-15-18(13)24(19(25)22-15)10-11-3-5-12(6-4-11)23-30(20,26)27/h3-9,23H,10H2,1-2H3,(H,22,25)(H2,20,26,27). The van der Waals surface area contributed by atoms with E-state index in [1.807, 2.05) is 0 Å². The summed E-state index contributed by atoms with van der Waals surface area (Å²) in [5.41, 5.74) is 2.76. The first-order valence-electron chi connectivity index (χ1n) is 8.82. The van der Waals surface area contributed by atoms with Crippen LogP contribution in [0.25, 0.3) is 21.9 Å². The molecule has 0 spiro atoms. The number of ether oxygens (including phenoxy) is 2. The Kier molecular flexibility index (Phi) is 4.84. The van der Waals surface area contributed by atoms with Crippen molar-refractivity contribution in [1.29, 1.82) is 0 Å². The first-order valence-corrected chi connectivity index (χ1v) is 10.4. The number of nitrogens with zero attached hydrogens (tertiary/aromatic N) is 2. The second kappa shape index (κ2) is 7.35. The lowest BCUT2D eigenvalue weighted by Crippen LogP contribution is -2.21. The highest BCUT2D eigenvalue weighted by Gasteiger charge is 2.15. The van der Waals surface area contributed by atoms with Gasteiger partial charge in [-0.25, -0.2) is 9.93 Å². The van der Waals surface area contributed by atoms with Crippen LogP contribution in [-0.2, 0) is 16.8 Å². The van der Waals surface area contributed by atoms with E-state index in [0.717, 1.165) is 10.9 Å². The molecule has 0 saturated heterocycles. The predicted molar refractivity (Wildman–Crippen MR) is 113 cm³/mol. The smallest absolute Gasteiger partial charge is 0.326 e. The zero-order chi connectivity index (χ0) is 21.5.